The van der Waals surface area contributed by atoms with Gasteiger partial charge in [-0.05, 0) is 13.0 Å². The molecule has 2 aromatic heterocycles. The lowest BCUT2D eigenvalue weighted by atomic mass is 9.87. The molecule has 3 rings (SSSR count). The zero-order chi connectivity index (χ0) is 25.5. The third-order valence-electron chi connectivity index (χ3n) is 5.06. The van der Waals surface area contributed by atoms with Crippen LogP contribution in [0, 0.1) is 6.92 Å². The summed E-state index contributed by atoms with van der Waals surface area (Å²) in [5.74, 6) is -1.32. The molecular weight excluding hydrogens is 478 g/mol. The number of aromatic nitrogens is 1. The SMILES string of the molecule is COc1ccc(C(CC(=O)NCC(=O)Nc2nccs2)c2c(O)cc(C)oc2=O)c(OC)c1OC. The Bertz CT molecular complexity index is 1260. The molecule has 0 saturated heterocycles. The third-order valence-corrected chi connectivity index (χ3v) is 5.75. The van der Waals surface area contributed by atoms with E-state index in [2.05, 4.69) is 15.6 Å². The highest BCUT2D eigenvalue weighted by molar-refractivity contribution is 7.13. The van der Waals surface area contributed by atoms with Crippen LogP contribution >= 0.6 is 11.3 Å². The van der Waals surface area contributed by atoms with Crippen molar-refractivity contribution in [2.45, 2.75) is 19.3 Å². The molecule has 12 heteroatoms. The number of hydrogen-bond donors (Lipinski definition) is 3. The molecule has 0 radical (unpaired) electrons. The normalized spacial score (nSPS) is 11.4. The van der Waals surface area contributed by atoms with Crippen LogP contribution in [-0.4, -0.2) is 49.8 Å². The van der Waals surface area contributed by atoms with Crippen LogP contribution in [0.3, 0.4) is 0 Å². The Labute approximate surface area is 204 Å². The molecule has 0 saturated carbocycles. The molecule has 3 N–H and O–H groups in total. The number of aryl methyl sites for hydroxylation is 1. The van der Waals surface area contributed by atoms with E-state index >= 15 is 0 Å². The number of rotatable bonds is 10. The lowest BCUT2D eigenvalue weighted by molar-refractivity contribution is -0.124. The maximum absolute atomic E-state index is 12.9. The molecular formula is C23H25N3O8S. The van der Waals surface area contributed by atoms with Crippen LogP contribution in [0.1, 0.15) is 29.2 Å². The molecule has 0 fully saturated rings. The predicted molar refractivity (Wildman–Crippen MR) is 128 cm³/mol. The second-order valence-electron chi connectivity index (χ2n) is 7.29. The summed E-state index contributed by atoms with van der Waals surface area (Å²) in [6.45, 7) is 1.20. The summed E-state index contributed by atoms with van der Waals surface area (Å²) in [5.41, 5.74) is -0.568. The van der Waals surface area contributed by atoms with Crippen LogP contribution in [-0.2, 0) is 9.59 Å². The molecule has 0 aliphatic heterocycles. The highest BCUT2D eigenvalue weighted by atomic mass is 32.1. The molecule has 2 heterocycles. The summed E-state index contributed by atoms with van der Waals surface area (Å²) >= 11 is 1.24. The molecule has 35 heavy (non-hydrogen) atoms. The van der Waals surface area contributed by atoms with Gasteiger partial charge in [0.05, 0.1) is 33.4 Å². The highest BCUT2D eigenvalue weighted by Gasteiger charge is 2.30. The van der Waals surface area contributed by atoms with Crippen LogP contribution in [0.15, 0.2) is 39.0 Å². The predicted octanol–water partition coefficient (Wildman–Crippen LogP) is 2.41. The number of nitrogens with zero attached hydrogens (tertiary/aromatic N) is 1. The summed E-state index contributed by atoms with van der Waals surface area (Å²) in [6.07, 6.45) is 1.23. The van der Waals surface area contributed by atoms with E-state index in [-0.39, 0.29) is 41.5 Å². The Morgan fingerprint density at radius 1 is 1.14 bits per heavy atom. The Hall–Kier alpha value is -4.06. The maximum atomic E-state index is 12.9. The quantitative estimate of drug-likeness (QED) is 0.379. The lowest BCUT2D eigenvalue weighted by Crippen LogP contribution is -2.34. The van der Waals surface area contributed by atoms with Gasteiger partial charge in [0.15, 0.2) is 16.6 Å². The zero-order valence-electron chi connectivity index (χ0n) is 19.5. The van der Waals surface area contributed by atoms with E-state index in [1.807, 2.05) is 0 Å². The van der Waals surface area contributed by atoms with E-state index in [0.29, 0.717) is 16.4 Å². The van der Waals surface area contributed by atoms with Gasteiger partial charge in [-0.1, -0.05) is 6.07 Å². The molecule has 0 aliphatic carbocycles. The van der Waals surface area contributed by atoms with E-state index < -0.39 is 23.4 Å². The van der Waals surface area contributed by atoms with E-state index in [4.69, 9.17) is 18.6 Å². The fourth-order valence-electron chi connectivity index (χ4n) is 3.58. The summed E-state index contributed by atoms with van der Waals surface area (Å²) < 4.78 is 21.5. The van der Waals surface area contributed by atoms with Gasteiger partial charge in [-0.15, -0.1) is 11.3 Å². The number of amides is 2. The van der Waals surface area contributed by atoms with Gasteiger partial charge in [0.25, 0.3) is 0 Å². The number of hydrogen-bond acceptors (Lipinski definition) is 10. The van der Waals surface area contributed by atoms with E-state index in [9.17, 15) is 19.5 Å². The largest absolute Gasteiger partial charge is 0.507 e. The molecule has 1 unspecified atom stereocenters. The molecule has 3 aromatic rings. The number of methoxy groups -OCH3 is 3. The van der Waals surface area contributed by atoms with Crippen molar-refractivity contribution in [1.29, 1.82) is 0 Å². The highest BCUT2D eigenvalue weighted by Crippen LogP contribution is 2.45. The first-order valence-electron chi connectivity index (χ1n) is 10.4. The van der Waals surface area contributed by atoms with E-state index in [1.165, 1.54) is 45.7 Å². The van der Waals surface area contributed by atoms with Gasteiger partial charge < -0.3 is 34.4 Å². The van der Waals surface area contributed by atoms with Crippen LogP contribution < -0.4 is 30.5 Å². The summed E-state index contributed by atoms with van der Waals surface area (Å²) in [5, 5.41) is 17.8. The second kappa shape index (κ2) is 11.4. The standard InChI is InChI=1S/C23H25N3O8S/c1-12-9-15(27)19(22(30)34-12)14(13-5-6-16(31-2)21(33-4)20(13)32-3)10-17(28)25-11-18(29)26-23-24-7-8-35-23/h5-9,14,27H,10-11H2,1-4H3,(H,25,28)(H,24,26,29). The van der Waals surface area contributed by atoms with Crippen molar-refractivity contribution in [1.82, 2.24) is 10.3 Å². The van der Waals surface area contributed by atoms with Crippen LogP contribution in [0.25, 0.3) is 0 Å². The van der Waals surface area contributed by atoms with Crippen molar-refractivity contribution in [3.05, 3.63) is 57.1 Å². The third kappa shape index (κ3) is 5.90. The first-order valence-corrected chi connectivity index (χ1v) is 11.3. The van der Waals surface area contributed by atoms with E-state index in [0.717, 1.165) is 0 Å². The van der Waals surface area contributed by atoms with Gasteiger partial charge in [-0.25, -0.2) is 9.78 Å². The Morgan fingerprint density at radius 3 is 2.49 bits per heavy atom. The molecule has 0 aliphatic rings. The maximum Gasteiger partial charge on any atom is 0.343 e. The average Bonchev–Trinajstić information content (AvgIpc) is 3.33. The fourth-order valence-corrected chi connectivity index (χ4v) is 4.12. The van der Waals surface area contributed by atoms with Gasteiger partial charge >= 0.3 is 5.63 Å². The van der Waals surface area contributed by atoms with Gasteiger partial charge in [0.1, 0.15) is 11.5 Å². The van der Waals surface area contributed by atoms with Crippen molar-refractivity contribution in [3.63, 3.8) is 0 Å². The smallest absolute Gasteiger partial charge is 0.343 e. The Balaban J connectivity index is 1.95. The zero-order valence-corrected chi connectivity index (χ0v) is 20.4. The number of aromatic hydroxyl groups is 1. The second-order valence-corrected chi connectivity index (χ2v) is 8.18. The first-order chi connectivity index (χ1) is 16.8. The van der Waals surface area contributed by atoms with Crippen molar-refractivity contribution in [2.75, 3.05) is 33.2 Å². The van der Waals surface area contributed by atoms with E-state index in [1.54, 1.807) is 23.7 Å². The Kier molecular flexibility index (Phi) is 8.31. The number of thiazole rings is 1. The lowest BCUT2D eigenvalue weighted by Gasteiger charge is -2.22. The number of carbonyl (C=O) groups is 2. The first kappa shape index (κ1) is 25.6. The molecule has 186 valence electrons. The number of benzene rings is 1. The number of nitrogens with one attached hydrogen (secondary N) is 2. The minimum Gasteiger partial charge on any atom is -0.507 e. The van der Waals surface area contributed by atoms with Gasteiger partial charge in [0.2, 0.25) is 17.6 Å². The monoisotopic (exact) mass is 503 g/mol. The molecule has 2 amide bonds. The minimum absolute atomic E-state index is 0.136. The van der Waals surface area contributed by atoms with Crippen molar-refractivity contribution < 1.29 is 33.3 Å². The molecule has 1 atom stereocenters. The summed E-state index contributed by atoms with van der Waals surface area (Å²) in [6, 6.07) is 4.48. The van der Waals surface area contributed by atoms with Crippen LogP contribution in [0.2, 0.25) is 0 Å². The average molecular weight is 504 g/mol. The minimum atomic E-state index is -0.997. The topological polar surface area (TPSA) is 149 Å². The van der Waals surface area contributed by atoms with Crippen molar-refractivity contribution in [2.24, 2.45) is 0 Å². The molecule has 1 aromatic carbocycles. The molecule has 11 nitrogen and oxygen atoms in total. The van der Waals surface area contributed by atoms with Gasteiger partial charge in [0, 0.05) is 35.5 Å². The summed E-state index contributed by atoms with van der Waals surface area (Å²) in [7, 11) is 4.28. The van der Waals surface area contributed by atoms with Gasteiger partial charge in [-0.2, -0.15) is 0 Å². The number of carbonyl (C=O) groups excluding carboxylic acids is 2. The number of anilines is 1. The van der Waals surface area contributed by atoms with Crippen molar-refractivity contribution in [3.8, 4) is 23.0 Å². The number of ether oxygens (including phenoxy) is 3. The van der Waals surface area contributed by atoms with Crippen molar-refractivity contribution >= 4 is 28.3 Å². The molecule has 0 bridgehead atoms. The summed E-state index contributed by atoms with van der Waals surface area (Å²) in [4.78, 5) is 41.7. The van der Waals surface area contributed by atoms with Crippen LogP contribution in [0.5, 0.6) is 23.0 Å². The van der Waals surface area contributed by atoms with Crippen LogP contribution in [0.4, 0.5) is 5.13 Å². The fraction of sp³-hybridized carbons (Fsp3) is 0.304. The molecule has 0 spiro atoms. The Morgan fingerprint density at radius 2 is 1.89 bits per heavy atom. The van der Waals surface area contributed by atoms with Gasteiger partial charge in [-0.3, -0.25) is 9.59 Å².